The molecule has 0 radical (unpaired) electrons. The van der Waals surface area contributed by atoms with Gasteiger partial charge in [0.1, 0.15) is 0 Å². The number of hydrogen-bond acceptors (Lipinski definition) is 3. The van der Waals surface area contributed by atoms with E-state index >= 15 is 0 Å². The van der Waals surface area contributed by atoms with E-state index in [-0.39, 0.29) is 11.9 Å². The molecule has 0 aromatic carbocycles. The second-order valence-electron chi connectivity index (χ2n) is 5.07. The molecule has 1 amide bonds. The Balaban J connectivity index is 1.68. The Morgan fingerprint density at radius 3 is 3.00 bits per heavy atom. The first-order valence-electron chi connectivity index (χ1n) is 6.40. The van der Waals surface area contributed by atoms with Crippen molar-refractivity contribution >= 4 is 17.2 Å². The molecule has 1 aromatic rings. The van der Waals surface area contributed by atoms with E-state index in [9.17, 15) is 4.79 Å². The van der Waals surface area contributed by atoms with Gasteiger partial charge in [-0.2, -0.15) is 0 Å². The van der Waals surface area contributed by atoms with Crippen LogP contribution in [0.2, 0.25) is 0 Å². The molecule has 0 bridgehead atoms. The second kappa shape index (κ2) is 4.42. The number of fused-ring (bicyclic) bond motifs is 1. The number of carbonyl (C=O) groups is 1. The van der Waals surface area contributed by atoms with Crippen molar-refractivity contribution in [2.24, 2.45) is 11.7 Å². The van der Waals surface area contributed by atoms with Crippen molar-refractivity contribution in [2.45, 2.75) is 38.1 Å². The number of amides is 1. The third-order valence-corrected chi connectivity index (χ3v) is 4.97. The van der Waals surface area contributed by atoms with Crippen LogP contribution in [0.1, 0.15) is 39.4 Å². The van der Waals surface area contributed by atoms with Gasteiger partial charge in [-0.3, -0.25) is 4.79 Å². The molecule has 1 heterocycles. The van der Waals surface area contributed by atoms with Gasteiger partial charge >= 0.3 is 0 Å². The molecule has 1 atom stereocenters. The fourth-order valence-electron chi connectivity index (χ4n) is 2.55. The molecule has 1 unspecified atom stereocenters. The first kappa shape index (κ1) is 11.2. The van der Waals surface area contributed by atoms with Crippen LogP contribution in [0.4, 0.5) is 0 Å². The van der Waals surface area contributed by atoms with E-state index in [0.717, 1.165) is 17.7 Å². The molecule has 1 fully saturated rings. The maximum absolute atomic E-state index is 12.1. The number of thiophene rings is 1. The molecule has 4 heteroatoms. The lowest BCUT2D eigenvalue weighted by Gasteiger charge is -2.15. The highest BCUT2D eigenvalue weighted by molar-refractivity contribution is 7.14. The molecule has 92 valence electrons. The minimum Gasteiger partial charge on any atom is -0.347 e. The summed E-state index contributed by atoms with van der Waals surface area (Å²) >= 11 is 1.66. The number of hydrogen-bond donors (Lipinski definition) is 2. The third kappa shape index (κ3) is 2.24. The molecule has 0 spiro atoms. The van der Waals surface area contributed by atoms with Crippen LogP contribution in [0.5, 0.6) is 0 Å². The monoisotopic (exact) mass is 250 g/mol. The largest absolute Gasteiger partial charge is 0.347 e. The maximum atomic E-state index is 12.1. The second-order valence-corrected chi connectivity index (χ2v) is 6.20. The summed E-state index contributed by atoms with van der Waals surface area (Å²) in [7, 11) is 0. The van der Waals surface area contributed by atoms with Gasteiger partial charge in [-0.15, -0.1) is 11.3 Å². The maximum Gasteiger partial charge on any atom is 0.261 e. The summed E-state index contributed by atoms with van der Waals surface area (Å²) in [4.78, 5) is 14.4. The Labute approximate surface area is 105 Å². The Morgan fingerprint density at radius 1 is 1.53 bits per heavy atom. The minimum atomic E-state index is 0.0757. The molecule has 0 aliphatic heterocycles. The average molecular weight is 250 g/mol. The van der Waals surface area contributed by atoms with Crippen molar-refractivity contribution in [3.8, 4) is 0 Å². The fourth-order valence-corrected chi connectivity index (χ4v) is 3.71. The predicted octanol–water partition coefficient (Wildman–Crippen LogP) is 1.70. The normalized spacial score (nSPS) is 20.1. The summed E-state index contributed by atoms with van der Waals surface area (Å²) < 4.78 is 0. The molecule has 3 N–H and O–H groups in total. The lowest BCUT2D eigenvalue weighted by Crippen LogP contribution is -2.41. The fraction of sp³-hybridized carbons (Fsp3) is 0.615. The molecule has 3 nitrogen and oxygen atoms in total. The zero-order chi connectivity index (χ0) is 11.8. The highest BCUT2D eigenvalue weighted by Crippen LogP contribution is 2.33. The SMILES string of the molecule is NCC(NC(=O)c1cc2c(s1)CCC2)C1CC1. The van der Waals surface area contributed by atoms with Crippen LogP contribution in [0, 0.1) is 5.92 Å². The molecular formula is C13H18N2OS. The molecular weight excluding hydrogens is 232 g/mol. The first-order valence-corrected chi connectivity index (χ1v) is 7.22. The summed E-state index contributed by atoms with van der Waals surface area (Å²) in [6.45, 7) is 0.557. The van der Waals surface area contributed by atoms with Gasteiger partial charge in [-0.25, -0.2) is 0 Å². The molecule has 2 aliphatic rings. The standard InChI is InChI=1S/C13H18N2OS/c14-7-10(8-4-5-8)15-13(16)12-6-9-2-1-3-11(9)17-12/h6,8,10H,1-5,7,14H2,(H,15,16). The van der Waals surface area contributed by atoms with Gasteiger partial charge in [0.05, 0.1) is 4.88 Å². The van der Waals surface area contributed by atoms with Gasteiger partial charge in [0, 0.05) is 17.5 Å². The summed E-state index contributed by atoms with van der Waals surface area (Å²) in [6.07, 6.45) is 5.96. The Bertz CT molecular complexity index is 415. The first-order chi connectivity index (χ1) is 8.28. The molecule has 17 heavy (non-hydrogen) atoms. The van der Waals surface area contributed by atoms with E-state index in [1.807, 2.05) is 0 Å². The van der Waals surface area contributed by atoms with Crippen LogP contribution in [0.15, 0.2) is 6.07 Å². The molecule has 1 saturated carbocycles. The highest BCUT2D eigenvalue weighted by atomic mass is 32.1. The quantitative estimate of drug-likeness (QED) is 0.854. The van der Waals surface area contributed by atoms with Crippen LogP contribution in [0.3, 0.4) is 0 Å². The zero-order valence-electron chi connectivity index (χ0n) is 9.87. The molecule has 2 aliphatic carbocycles. The van der Waals surface area contributed by atoms with E-state index in [4.69, 9.17) is 5.73 Å². The summed E-state index contributed by atoms with van der Waals surface area (Å²) in [6, 6.07) is 2.25. The van der Waals surface area contributed by atoms with Crippen molar-refractivity contribution in [2.75, 3.05) is 6.54 Å². The smallest absolute Gasteiger partial charge is 0.261 e. The minimum absolute atomic E-state index is 0.0757. The lowest BCUT2D eigenvalue weighted by molar-refractivity contribution is 0.0937. The molecule has 1 aromatic heterocycles. The number of carbonyl (C=O) groups excluding carboxylic acids is 1. The number of nitrogens with one attached hydrogen (secondary N) is 1. The van der Waals surface area contributed by atoms with Gasteiger partial charge in [0.2, 0.25) is 0 Å². The summed E-state index contributed by atoms with van der Waals surface area (Å²) in [5, 5.41) is 3.08. The topological polar surface area (TPSA) is 55.1 Å². The molecule has 3 rings (SSSR count). The van der Waals surface area contributed by atoms with Crippen LogP contribution < -0.4 is 11.1 Å². The van der Waals surface area contributed by atoms with Crippen molar-refractivity contribution in [1.29, 1.82) is 0 Å². The van der Waals surface area contributed by atoms with E-state index in [2.05, 4.69) is 11.4 Å². The Hall–Kier alpha value is -0.870. The van der Waals surface area contributed by atoms with Crippen molar-refractivity contribution < 1.29 is 4.79 Å². The summed E-state index contributed by atoms with van der Waals surface area (Å²) in [5.41, 5.74) is 7.09. The van der Waals surface area contributed by atoms with Gasteiger partial charge in [-0.05, 0) is 49.7 Å². The van der Waals surface area contributed by atoms with Gasteiger partial charge in [0.15, 0.2) is 0 Å². The Morgan fingerprint density at radius 2 is 2.35 bits per heavy atom. The van der Waals surface area contributed by atoms with Crippen molar-refractivity contribution in [1.82, 2.24) is 5.32 Å². The van der Waals surface area contributed by atoms with Gasteiger partial charge in [-0.1, -0.05) is 0 Å². The van der Waals surface area contributed by atoms with Crippen LogP contribution in [-0.2, 0) is 12.8 Å². The molecule has 0 saturated heterocycles. The average Bonchev–Trinajstić information content (AvgIpc) is 2.92. The number of nitrogens with two attached hydrogens (primary N) is 1. The van der Waals surface area contributed by atoms with Crippen LogP contribution >= 0.6 is 11.3 Å². The van der Waals surface area contributed by atoms with E-state index in [1.54, 1.807) is 11.3 Å². The lowest BCUT2D eigenvalue weighted by atomic mass is 10.2. The number of aryl methyl sites for hydroxylation is 2. The van der Waals surface area contributed by atoms with Gasteiger partial charge < -0.3 is 11.1 Å². The van der Waals surface area contributed by atoms with Crippen molar-refractivity contribution in [3.05, 3.63) is 21.4 Å². The Kier molecular flexibility index (Phi) is 2.92. The van der Waals surface area contributed by atoms with E-state index in [1.165, 1.54) is 29.7 Å². The summed E-state index contributed by atoms with van der Waals surface area (Å²) in [5.74, 6) is 0.697. The number of rotatable bonds is 4. The highest BCUT2D eigenvalue weighted by Gasteiger charge is 2.31. The van der Waals surface area contributed by atoms with Gasteiger partial charge in [0.25, 0.3) is 5.91 Å². The predicted molar refractivity (Wildman–Crippen MR) is 69.4 cm³/mol. The van der Waals surface area contributed by atoms with E-state index < -0.39 is 0 Å². The van der Waals surface area contributed by atoms with Crippen molar-refractivity contribution in [3.63, 3.8) is 0 Å². The van der Waals surface area contributed by atoms with Crippen LogP contribution in [0.25, 0.3) is 0 Å². The van der Waals surface area contributed by atoms with Crippen LogP contribution in [-0.4, -0.2) is 18.5 Å². The van der Waals surface area contributed by atoms with E-state index in [0.29, 0.717) is 12.5 Å². The zero-order valence-corrected chi connectivity index (χ0v) is 10.7. The third-order valence-electron chi connectivity index (χ3n) is 3.73.